The minimum atomic E-state index is -0.378. The zero-order valence-electron chi connectivity index (χ0n) is 15.5. The van der Waals surface area contributed by atoms with Crippen molar-refractivity contribution in [1.82, 2.24) is 9.80 Å². The van der Waals surface area contributed by atoms with Crippen molar-refractivity contribution in [1.29, 1.82) is 0 Å². The molecule has 26 heavy (non-hydrogen) atoms. The minimum Gasteiger partial charge on any atom is -0.488 e. The van der Waals surface area contributed by atoms with Gasteiger partial charge in [0.15, 0.2) is 0 Å². The van der Waals surface area contributed by atoms with E-state index in [1.165, 1.54) is 45.4 Å². The number of likely N-dealkylation sites (tertiary alicyclic amines) is 2. The van der Waals surface area contributed by atoms with Crippen LogP contribution in [-0.2, 0) is 0 Å². The predicted octanol–water partition coefficient (Wildman–Crippen LogP) is 3.28. The first-order chi connectivity index (χ1) is 12.7. The Morgan fingerprint density at radius 3 is 2.50 bits per heavy atom. The van der Waals surface area contributed by atoms with Gasteiger partial charge in [-0.2, -0.15) is 0 Å². The molecule has 0 spiro atoms. The summed E-state index contributed by atoms with van der Waals surface area (Å²) in [6, 6.07) is 7.50. The quantitative estimate of drug-likeness (QED) is 0.853. The molecule has 2 aliphatic heterocycles. The first-order valence-corrected chi connectivity index (χ1v) is 10.6. The summed E-state index contributed by atoms with van der Waals surface area (Å²) in [5.74, 6) is 2.02. The van der Waals surface area contributed by atoms with Crippen molar-refractivity contribution in [2.75, 3.05) is 39.3 Å². The Kier molecular flexibility index (Phi) is 6.04. The van der Waals surface area contributed by atoms with Crippen molar-refractivity contribution in [3.8, 4) is 5.75 Å². The maximum absolute atomic E-state index is 10.6. The fourth-order valence-corrected chi connectivity index (χ4v) is 5.16. The third-order valence-corrected chi connectivity index (χ3v) is 6.66. The van der Waals surface area contributed by atoms with Crippen molar-refractivity contribution >= 4 is 11.6 Å². The van der Waals surface area contributed by atoms with Crippen molar-refractivity contribution in [3.05, 3.63) is 29.3 Å². The lowest BCUT2D eigenvalue weighted by Crippen LogP contribution is -2.42. The summed E-state index contributed by atoms with van der Waals surface area (Å²) in [5, 5.41) is 11.3. The minimum absolute atomic E-state index is 0.114. The van der Waals surface area contributed by atoms with E-state index < -0.39 is 0 Å². The van der Waals surface area contributed by atoms with Crippen LogP contribution in [-0.4, -0.2) is 66.4 Å². The van der Waals surface area contributed by atoms with Gasteiger partial charge in [0, 0.05) is 31.2 Å². The molecule has 2 heterocycles. The second kappa shape index (κ2) is 8.47. The fraction of sp³-hybridized carbons (Fsp3) is 0.714. The number of halogens is 1. The van der Waals surface area contributed by atoms with E-state index in [2.05, 4.69) is 9.80 Å². The van der Waals surface area contributed by atoms with Crippen LogP contribution in [0.2, 0.25) is 5.02 Å². The highest BCUT2D eigenvalue weighted by Crippen LogP contribution is 2.38. The van der Waals surface area contributed by atoms with Gasteiger partial charge in [-0.15, -0.1) is 0 Å². The molecule has 5 heteroatoms. The maximum atomic E-state index is 10.6. The number of hydrogen-bond acceptors (Lipinski definition) is 4. The van der Waals surface area contributed by atoms with E-state index in [-0.39, 0.29) is 12.2 Å². The number of aliphatic hydroxyl groups is 1. The van der Waals surface area contributed by atoms with E-state index in [9.17, 15) is 5.11 Å². The Bertz CT molecular complexity index is 593. The van der Waals surface area contributed by atoms with Gasteiger partial charge in [0.2, 0.25) is 0 Å². The molecule has 0 aromatic heterocycles. The number of rotatable bonds is 5. The van der Waals surface area contributed by atoms with Crippen LogP contribution in [0.1, 0.15) is 32.1 Å². The highest BCUT2D eigenvalue weighted by molar-refractivity contribution is 6.30. The second-order valence-electron chi connectivity index (χ2n) is 8.33. The molecule has 4 atom stereocenters. The summed E-state index contributed by atoms with van der Waals surface area (Å²) in [5.41, 5.74) is 0. The van der Waals surface area contributed by atoms with E-state index in [0.29, 0.717) is 16.9 Å². The largest absolute Gasteiger partial charge is 0.488 e. The van der Waals surface area contributed by atoms with Crippen LogP contribution >= 0.6 is 11.6 Å². The van der Waals surface area contributed by atoms with E-state index in [0.717, 1.165) is 31.7 Å². The Morgan fingerprint density at radius 1 is 1.00 bits per heavy atom. The van der Waals surface area contributed by atoms with Crippen LogP contribution in [0.25, 0.3) is 0 Å². The molecule has 144 valence electrons. The molecule has 0 amide bonds. The summed E-state index contributed by atoms with van der Waals surface area (Å²) >= 11 is 6.05. The Labute approximate surface area is 162 Å². The lowest BCUT2D eigenvalue weighted by atomic mass is 9.78. The van der Waals surface area contributed by atoms with Crippen LogP contribution in [0.3, 0.4) is 0 Å². The molecule has 4 rings (SSSR count). The van der Waals surface area contributed by atoms with Crippen LogP contribution in [0.4, 0.5) is 0 Å². The molecule has 3 aliphatic rings. The highest BCUT2D eigenvalue weighted by Gasteiger charge is 2.42. The fourth-order valence-electron chi connectivity index (χ4n) is 4.98. The van der Waals surface area contributed by atoms with Crippen LogP contribution < -0.4 is 4.74 Å². The molecule has 1 aromatic carbocycles. The van der Waals surface area contributed by atoms with Crippen LogP contribution in [0, 0.1) is 11.8 Å². The number of ether oxygens (including phenoxy) is 1. The molecule has 1 aliphatic carbocycles. The monoisotopic (exact) mass is 378 g/mol. The first-order valence-electron chi connectivity index (χ1n) is 10.2. The highest BCUT2D eigenvalue weighted by atomic mass is 35.5. The summed E-state index contributed by atoms with van der Waals surface area (Å²) in [6.07, 6.45) is 5.43. The van der Waals surface area contributed by atoms with Gasteiger partial charge in [-0.3, -0.25) is 0 Å². The lowest BCUT2D eigenvalue weighted by molar-refractivity contribution is -0.0231. The number of aliphatic hydroxyl groups excluding tert-OH is 1. The summed E-state index contributed by atoms with van der Waals surface area (Å²) < 4.78 is 6.09. The summed E-state index contributed by atoms with van der Waals surface area (Å²) in [7, 11) is 0. The SMILES string of the molecule is O[C@@H]1C[C@H]2CN(CCN3CCCCC3)C[C@H]2C[C@H]1Oc1cccc(Cl)c1. The maximum Gasteiger partial charge on any atom is 0.125 e. The molecule has 4 nitrogen and oxygen atoms in total. The van der Waals surface area contributed by atoms with Gasteiger partial charge in [0.05, 0.1) is 6.10 Å². The molecule has 0 bridgehead atoms. The predicted molar refractivity (Wildman–Crippen MR) is 105 cm³/mol. The average Bonchev–Trinajstić information content (AvgIpc) is 3.03. The van der Waals surface area contributed by atoms with Gasteiger partial charge in [0.1, 0.15) is 11.9 Å². The number of benzene rings is 1. The average molecular weight is 379 g/mol. The van der Waals surface area contributed by atoms with Gasteiger partial charge in [-0.1, -0.05) is 24.1 Å². The van der Waals surface area contributed by atoms with Gasteiger partial charge < -0.3 is 19.6 Å². The Hall–Kier alpha value is -0.810. The third-order valence-electron chi connectivity index (χ3n) is 6.43. The second-order valence-corrected chi connectivity index (χ2v) is 8.77. The number of piperidine rings is 1. The molecule has 1 saturated carbocycles. The first kappa shape index (κ1) is 18.5. The van der Waals surface area contributed by atoms with Gasteiger partial charge in [-0.05, 0) is 68.8 Å². The van der Waals surface area contributed by atoms with E-state index in [1.54, 1.807) is 0 Å². The van der Waals surface area contributed by atoms with Crippen molar-refractivity contribution < 1.29 is 9.84 Å². The molecule has 1 N–H and O–H groups in total. The number of fused-ring (bicyclic) bond motifs is 1. The lowest BCUT2D eigenvalue weighted by Gasteiger charge is -2.35. The summed E-state index contributed by atoms with van der Waals surface area (Å²) in [4.78, 5) is 5.23. The van der Waals surface area contributed by atoms with Crippen LogP contribution in [0.5, 0.6) is 5.75 Å². The zero-order valence-corrected chi connectivity index (χ0v) is 16.3. The van der Waals surface area contributed by atoms with E-state index in [1.807, 2.05) is 24.3 Å². The Balaban J connectivity index is 1.28. The van der Waals surface area contributed by atoms with Gasteiger partial charge in [-0.25, -0.2) is 0 Å². The third kappa shape index (κ3) is 4.53. The van der Waals surface area contributed by atoms with Crippen molar-refractivity contribution in [3.63, 3.8) is 0 Å². The molecule has 0 unspecified atom stereocenters. The molecule has 3 fully saturated rings. The zero-order chi connectivity index (χ0) is 17.9. The number of hydrogen-bond donors (Lipinski definition) is 1. The smallest absolute Gasteiger partial charge is 0.125 e. The van der Waals surface area contributed by atoms with Crippen molar-refractivity contribution in [2.24, 2.45) is 11.8 Å². The standard InChI is InChI=1S/C21H31ClN2O2/c22-18-5-4-6-19(13-18)26-21-12-17-15-24(14-16(17)11-20(21)25)10-9-23-7-2-1-3-8-23/h4-6,13,16-17,20-21,25H,1-3,7-12,14-15H2/t16-,17+,20+,21+/m0/s1. The molecular formula is C21H31ClN2O2. The van der Waals surface area contributed by atoms with Gasteiger partial charge >= 0.3 is 0 Å². The molecule has 0 radical (unpaired) electrons. The topological polar surface area (TPSA) is 35.9 Å². The van der Waals surface area contributed by atoms with E-state index in [4.69, 9.17) is 16.3 Å². The molecule has 2 saturated heterocycles. The van der Waals surface area contributed by atoms with Crippen molar-refractivity contribution in [2.45, 2.75) is 44.3 Å². The number of nitrogens with zero attached hydrogens (tertiary/aromatic N) is 2. The van der Waals surface area contributed by atoms with Gasteiger partial charge in [0.25, 0.3) is 0 Å². The van der Waals surface area contributed by atoms with E-state index >= 15 is 0 Å². The molecular weight excluding hydrogens is 348 g/mol. The Morgan fingerprint density at radius 2 is 1.73 bits per heavy atom. The van der Waals surface area contributed by atoms with Crippen LogP contribution in [0.15, 0.2) is 24.3 Å². The summed E-state index contributed by atoms with van der Waals surface area (Å²) in [6.45, 7) is 7.21. The molecule has 1 aromatic rings. The normalized spacial score (nSPS) is 33.2.